The molecule has 0 unspecified atom stereocenters. The fourth-order valence-corrected chi connectivity index (χ4v) is 4.30. The highest BCUT2D eigenvalue weighted by Gasteiger charge is 2.27. The Balaban J connectivity index is 1.49. The molecule has 142 valence electrons. The molecule has 2 aromatic heterocycles. The average molecular weight is 386 g/mol. The second kappa shape index (κ2) is 7.96. The molecular formula is C20H24FN5S. The third-order valence-electron chi connectivity index (χ3n) is 5.15. The Morgan fingerprint density at radius 1 is 1.19 bits per heavy atom. The van der Waals surface area contributed by atoms with E-state index in [4.69, 9.17) is 0 Å². The fourth-order valence-electron chi connectivity index (χ4n) is 3.71. The Hall–Kier alpha value is -1.96. The summed E-state index contributed by atoms with van der Waals surface area (Å²) in [5.41, 5.74) is 2.74. The number of fused-ring (bicyclic) bond motifs is 1. The molecule has 5 nitrogen and oxygen atoms in total. The van der Waals surface area contributed by atoms with Crippen molar-refractivity contribution in [1.82, 2.24) is 24.2 Å². The number of aromatic amines is 1. The zero-order chi connectivity index (χ0) is 18.8. The summed E-state index contributed by atoms with van der Waals surface area (Å²) >= 11 is 1.62. The lowest BCUT2D eigenvalue weighted by molar-refractivity contribution is 0.368. The van der Waals surface area contributed by atoms with Gasteiger partial charge in [-0.2, -0.15) is 5.10 Å². The summed E-state index contributed by atoms with van der Waals surface area (Å²) < 4.78 is 20.6. The molecule has 1 aliphatic rings. The monoisotopic (exact) mass is 385 g/mol. The molecule has 0 atom stereocenters. The van der Waals surface area contributed by atoms with Crippen molar-refractivity contribution in [2.75, 3.05) is 14.1 Å². The minimum absolute atomic E-state index is 0.204. The van der Waals surface area contributed by atoms with E-state index in [1.807, 2.05) is 48.7 Å². The second-order valence-corrected chi connectivity index (χ2v) is 8.43. The van der Waals surface area contributed by atoms with Crippen LogP contribution in [0.5, 0.6) is 0 Å². The van der Waals surface area contributed by atoms with Crippen LogP contribution in [0.2, 0.25) is 0 Å². The molecule has 0 amide bonds. The molecule has 1 saturated carbocycles. The van der Waals surface area contributed by atoms with Gasteiger partial charge in [-0.05, 0) is 58.0 Å². The van der Waals surface area contributed by atoms with Crippen molar-refractivity contribution in [2.24, 2.45) is 0 Å². The minimum Gasteiger partial charge on any atom is -0.279 e. The first kappa shape index (κ1) is 18.4. The van der Waals surface area contributed by atoms with Gasteiger partial charge >= 0.3 is 0 Å². The van der Waals surface area contributed by atoms with Crippen LogP contribution in [0.15, 0.2) is 36.5 Å². The summed E-state index contributed by atoms with van der Waals surface area (Å²) in [6.07, 6.45) is 5.77. The molecular weight excluding hydrogens is 361 g/mol. The maximum atomic E-state index is 15.1. The topological polar surface area (TPSA) is 56.8 Å². The SMILES string of the molecule is CN(C)SNC1CCC(c2[nH]nc(-c3ccc4ncccc4c3)c2F)CC1. The Bertz CT molecular complexity index is 918. The van der Waals surface area contributed by atoms with Crippen LogP contribution in [0.3, 0.4) is 0 Å². The van der Waals surface area contributed by atoms with Crippen LogP contribution in [0.25, 0.3) is 22.2 Å². The summed E-state index contributed by atoms with van der Waals surface area (Å²) in [7, 11) is 4.04. The van der Waals surface area contributed by atoms with Crippen LogP contribution in [0.4, 0.5) is 4.39 Å². The van der Waals surface area contributed by atoms with E-state index in [0.29, 0.717) is 17.4 Å². The summed E-state index contributed by atoms with van der Waals surface area (Å²) in [4.78, 5) is 4.32. The molecule has 2 N–H and O–H groups in total. The van der Waals surface area contributed by atoms with Crippen molar-refractivity contribution >= 4 is 23.0 Å². The van der Waals surface area contributed by atoms with Crippen LogP contribution in [0.1, 0.15) is 37.3 Å². The summed E-state index contributed by atoms with van der Waals surface area (Å²) in [6, 6.07) is 10.1. The smallest absolute Gasteiger partial charge is 0.172 e. The highest BCUT2D eigenvalue weighted by molar-refractivity contribution is 7.95. The zero-order valence-corrected chi connectivity index (χ0v) is 16.4. The van der Waals surface area contributed by atoms with Crippen LogP contribution in [-0.2, 0) is 0 Å². The van der Waals surface area contributed by atoms with Gasteiger partial charge in [0, 0.05) is 41.2 Å². The van der Waals surface area contributed by atoms with Crippen molar-refractivity contribution < 1.29 is 4.39 Å². The van der Waals surface area contributed by atoms with Crippen LogP contribution in [-0.4, -0.2) is 39.6 Å². The quantitative estimate of drug-likeness (QED) is 0.633. The summed E-state index contributed by atoms with van der Waals surface area (Å²) in [6.45, 7) is 0. The van der Waals surface area contributed by atoms with Gasteiger partial charge in [-0.3, -0.25) is 10.1 Å². The number of hydrogen-bond acceptors (Lipinski definition) is 5. The van der Waals surface area contributed by atoms with Crippen LogP contribution >= 0.6 is 12.1 Å². The molecule has 1 fully saturated rings. The standard InChI is InChI=1S/C20H24FN5S/c1-26(2)27-25-16-8-5-13(6-9-16)19-18(21)20(24-23-19)15-7-10-17-14(12-15)4-3-11-22-17/h3-4,7,10-13,16,25H,5-6,8-9H2,1-2H3,(H,23,24). The first-order valence-electron chi connectivity index (χ1n) is 9.30. The van der Waals surface area contributed by atoms with Gasteiger partial charge in [-0.15, -0.1) is 0 Å². The third kappa shape index (κ3) is 4.00. The maximum absolute atomic E-state index is 15.1. The molecule has 7 heteroatoms. The number of pyridine rings is 1. The van der Waals surface area contributed by atoms with E-state index in [9.17, 15) is 0 Å². The first-order valence-corrected chi connectivity index (χ1v) is 10.1. The number of benzene rings is 1. The minimum atomic E-state index is -0.211. The Morgan fingerprint density at radius 3 is 2.78 bits per heavy atom. The van der Waals surface area contributed by atoms with Gasteiger partial charge in [0.15, 0.2) is 5.82 Å². The van der Waals surface area contributed by atoms with Crippen molar-refractivity contribution in [3.63, 3.8) is 0 Å². The molecule has 27 heavy (non-hydrogen) atoms. The highest BCUT2D eigenvalue weighted by atomic mass is 32.2. The predicted octanol–water partition coefficient (Wildman–Crippen LogP) is 4.50. The van der Waals surface area contributed by atoms with E-state index < -0.39 is 0 Å². The van der Waals surface area contributed by atoms with Gasteiger partial charge in [0.1, 0.15) is 5.69 Å². The molecule has 0 radical (unpaired) electrons. The molecule has 0 bridgehead atoms. The van der Waals surface area contributed by atoms with Crippen molar-refractivity contribution in [2.45, 2.75) is 37.6 Å². The molecule has 0 spiro atoms. The molecule has 2 heterocycles. The summed E-state index contributed by atoms with van der Waals surface area (Å²) in [5.74, 6) is -0.00639. The third-order valence-corrected chi connectivity index (χ3v) is 5.95. The van der Waals surface area contributed by atoms with Crippen molar-refractivity contribution in [3.05, 3.63) is 48.0 Å². The summed E-state index contributed by atoms with van der Waals surface area (Å²) in [5, 5.41) is 8.27. The van der Waals surface area contributed by atoms with E-state index in [-0.39, 0.29) is 11.7 Å². The van der Waals surface area contributed by atoms with E-state index in [2.05, 4.69) is 19.9 Å². The molecule has 0 aliphatic heterocycles. The Morgan fingerprint density at radius 2 is 2.00 bits per heavy atom. The van der Waals surface area contributed by atoms with Gasteiger partial charge in [0.2, 0.25) is 0 Å². The number of aromatic nitrogens is 3. The average Bonchev–Trinajstić information content (AvgIpc) is 3.08. The van der Waals surface area contributed by atoms with Crippen LogP contribution in [0, 0.1) is 5.82 Å². The second-order valence-electron chi connectivity index (χ2n) is 7.28. The normalized spacial score (nSPS) is 20.4. The number of halogens is 1. The van der Waals surface area contributed by atoms with Crippen LogP contribution < -0.4 is 4.72 Å². The fraction of sp³-hybridized carbons (Fsp3) is 0.400. The van der Waals surface area contributed by atoms with E-state index in [1.54, 1.807) is 18.3 Å². The van der Waals surface area contributed by atoms with E-state index in [0.717, 1.165) is 42.1 Å². The number of rotatable bonds is 5. The van der Waals surface area contributed by atoms with Gasteiger partial charge < -0.3 is 0 Å². The number of nitrogens with one attached hydrogen (secondary N) is 2. The molecule has 0 saturated heterocycles. The lowest BCUT2D eigenvalue weighted by atomic mass is 9.84. The predicted molar refractivity (Wildman–Crippen MR) is 109 cm³/mol. The lowest BCUT2D eigenvalue weighted by Crippen LogP contribution is -2.30. The van der Waals surface area contributed by atoms with Crippen molar-refractivity contribution in [3.8, 4) is 11.3 Å². The van der Waals surface area contributed by atoms with Gasteiger partial charge in [0.25, 0.3) is 0 Å². The first-order chi connectivity index (χ1) is 13.1. The number of nitrogens with zero attached hydrogens (tertiary/aromatic N) is 3. The largest absolute Gasteiger partial charge is 0.279 e. The van der Waals surface area contributed by atoms with Gasteiger partial charge in [-0.1, -0.05) is 12.1 Å². The van der Waals surface area contributed by atoms with Gasteiger partial charge in [-0.25, -0.2) is 13.4 Å². The lowest BCUT2D eigenvalue weighted by Gasteiger charge is -2.28. The van der Waals surface area contributed by atoms with E-state index in [1.165, 1.54) is 0 Å². The number of H-pyrrole nitrogens is 1. The number of hydrogen-bond donors (Lipinski definition) is 2. The molecule has 1 aliphatic carbocycles. The van der Waals surface area contributed by atoms with E-state index >= 15 is 4.39 Å². The highest BCUT2D eigenvalue weighted by Crippen LogP contribution is 2.36. The molecule has 1 aromatic carbocycles. The zero-order valence-electron chi connectivity index (χ0n) is 15.6. The molecule has 3 aromatic rings. The molecule has 4 rings (SSSR count). The Labute approximate surface area is 163 Å². The Kier molecular flexibility index (Phi) is 5.43. The maximum Gasteiger partial charge on any atom is 0.172 e. The van der Waals surface area contributed by atoms with Gasteiger partial charge in [0.05, 0.1) is 11.2 Å². The van der Waals surface area contributed by atoms with Crippen molar-refractivity contribution in [1.29, 1.82) is 0 Å².